The Morgan fingerprint density at radius 3 is 2.36 bits per heavy atom. The maximum Gasteiger partial charge on any atom is 0.115 e. The van der Waals surface area contributed by atoms with E-state index >= 15 is 0 Å². The molecule has 0 heterocycles. The highest BCUT2D eigenvalue weighted by Crippen LogP contribution is 2.10. The quantitative estimate of drug-likeness (QED) is 0.663. The molecule has 0 atom stereocenters. The third-order valence-corrected chi connectivity index (χ3v) is 1.88. The third kappa shape index (κ3) is 2.85. The Morgan fingerprint density at radius 2 is 1.82 bits per heavy atom. The molecule has 0 aliphatic rings. The molecule has 1 nitrogen and oxygen atoms in total. The first kappa shape index (κ1) is 8.47. The van der Waals surface area contributed by atoms with Gasteiger partial charge in [0.2, 0.25) is 0 Å². The molecule has 0 saturated heterocycles. The van der Waals surface area contributed by atoms with Gasteiger partial charge in [-0.3, -0.25) is 0 Å². The van der Waals surface area contributed by atoms with E-state index < -0.39 is 0 Å². The van der Waals surface area contributed by atoms with Crippen molar-refractivity contribution < 1.29 is 5.11 Å². The van der Waals surface area contributed by atoms with E-state index in [0.29, 0.717) is 5.75 Å². The van der Waals surface area contributed by atoms with Gasteiger partial charge in [-0.1, -0.05) is 12.1 Å². The molecule has 1 aromatic rings. The standard InChI is InChI=1S/C9H12OS/c10-9-5-3-8(4-6-9)2-1-7-11/h3-6,10-11H,1-2,7H2. The molecular weight excluding hydrogens is 156 g/mol. The van der Waals surface area contributed by atoms with E-state index in [2.05, 4.69) is 12.6 Å². The lowest BCUT2D eigenvalue weighted by molar-refractivity contribution is 0.475. The summed E-state index contributed by atoms with van der Waals surface area (Å²) in [7, 11) is 0. The lowest BCUT2D eigenvalue weighted by Gasteiger charge is -1.98. The Balaban J connectivity index is 2.52. The number of benzene rings is 1. The zero-order valence-corrected chi connectivity index (χ0v) is 7.22. The molecule has 0 saturated carbocycles. The first-order valence-electron chi connectivity index (χ1n) is 3.71. The zero-order valence-electron chi connectivity index (χ0n) is 6.33. The van der Waals surface area contributed by atoms with Gasteiger partial charge in [-0.25, -0.2) is 0 Å². The van der Waals surface area contributed by atoms with Crippen LogP contribution >= 0.6 is 12.6 Å². The highest BCUT2D eigenvalue weighted by molar-refractivity contribution is 7.80. The van der Waals surface area contributed by atoms with Crippen LogP contribution in [0.15, 0.2) is 24.3 Å². The van der Waals surface area contributed by atoms with Crippen molar-refractivity contribution in [2.75, 3.05) is 5.75 Å². The number of aryl methyl sites for hydroxylation is 1. The number of phenolic OH excluding ortho intramolecular Hbond substituents is 1. The maximum absolute atomic E-state index is 8.97. The monoisotopic (exact) mass is 168 g/mol. The van der Waals surface area contributed by atoms with Gasteiger partial charge in [0.1, 0.15) is 5.75 Å². The van der Waals surface area contributed by atoms with Crippen molar-refractivity contribution in [3.8, 4) is 5.75 Å². The topological polar surface area (TPSA) is 20.2 Å². The lowest BCUT2D eigenvalue weighted by atomic mass is 10.1. The van der Waals surface area contributed by atoms with Crippen molar-refractivity contribution in [2.45, 2.75) is 12.8 Å². The molecule has 0 bridgehead atoms. The summed E-state index contributed by atoms with van der Waals surface area (Å²) < 4.78 is 0. The van der Waals surface area contributed by atoms with Crippen molar-refractivity contribution in [1.29, 1.82) is 0 Å². The molecule has 0 fully saturated rings. The maximum atomic E-state index is 8.97. The van der Waals surface area contributed by atoms with Crippen molar-refractivity contribution >= 4 is 12.6 Å². The summed E-state index contributed by atoms with van der Waals surface area (Å²) in [5.41, 5.74) is 1.26. The summed E-state index contributed by atoms with van der Waals surface area (Å²) in [6, 6.07) is 7.32. The molecule has 0 unspecified atom stereocenters. The molecule has 11 heavy (non-hydrogen) atoms. The number of rotatable bonds is 3. The summed E-state index contributed by atoms with van der Waals surface area (Å²) in [4.78, 5) is 0. The highest BCUT2D eigenvalue weighted by Gasteiger charge is 1.91. The molecule has 60 valence electrons. The average Bonchev–Trinajstić information content (AvgIpc) is 2.04. The molecule has 1 N–H and O–H groups in total. The van der Waals surface area contributed by atoms with E-state index in [1.165, 1.54) is 5.56 Å². The van der Waals surface area contributed by atoms with Gasteiger partial charge in [-0.15, -0.1) is 0 Å². The molecule has 0 amide bonds. The molecule has 0 aliphatic carbocycles. The second-order valence-corrected chi connectivity index (χ2v) is 2.94. The van der Waals surface area contributed by atoms with Gasteiger partial charge < -0.3 is 5.11 Å². The van der Waals surface area contributed by atoms with Crippen LogP contribution in [0.25, 0.3) is 0 Å². The van der Waals surface area contributed by atoms with Gasteiger partial charge in [0.15, 0.2) is 0 Å². The molecule has 0 aliphatic heterocycles. The minimum atomic E-state index is 0.333. The Morgan fingerprint density at radius 1 is 1.18 bits per heavy atom. The van der Waals surface area contributed by atoms with Crippen LogP contribution in [-0.2, 0) is 6.42 Å². The van der Waals surface area contributed by atoms with Crippen molar-refractivity contribution in [3.05, 3.63) is 29.8 Å². The van der Waals surface area contributed by atoms with Crippen LogP contribution in [0.3, 0.4) is 0 Å². The van der Waals surface area contributed by atoms with Crippen molar-refractivity contribution in [1.82, 2.24) is 0 Å². The second-order valence-electron chi connectivity index (χ2n) is 2.49. The van der Waals surface area contributed by atoms with E-state index in [4.69, 9.17) is 5.11 Å². The summed E-state index contributed by atoms with van der Waals surface area (Å²) in [5.74, 6) is 1.25. The second kappa shape index (κ2) is 4.29. The van der Waals surface area contributed by atoms with Crippen molar-refractivity contribution in [2.24, 2.45) is 0 Å². The Hall–Kier alpha value is -0.630. The van der Waals surface area contributed by atoms with Crippen LogP contribution in [0.4, 0.5) is 0 Å². The molecular formula is C9H12OS. The predicted octanol–water partition coefficient (Wildman–Crippen LogP) is 2.25. The molecule has 1 aromatic carbocycles. The number of hydrogen-bond acceptors (Lipinski definition) is 2. The minimum Gasteiger partial charge on any atom is -0.508 e. The predicted molar refractivity (Wildman–Crippen MR) is 50.3 cm³/mol. The van der Waals surface area contributed by atoms with Gasteiger partial charge >= 0.3 is 0 Å². The Labute approximate surface area is 72.5 Å². The summed E-state index contributed by atoms with van der Waals surface area (Å²) in [6.45, 7) is 0. The summed E-state index contributed by atoms with van der Waals surface area (Å²) in [6.07, 6.45) is 2.14. The summed E-state index contributed by atoms with van der Waals surface area (Å²) >= 11 is 4.12. The molecule has 1 rings (SSSR count). The van der Waals surface area contributed by atoms with Crippen LogP contribution in [-0.4, -0.2) is 10.9 Å². The van der Waals surface area contributed by atoms with Gasteiger partial charge in [0.05, 0.1) is 0 Å². The number of thiol groups is 1. The SMILES string of the molecule is Oc1ccc(CCCS)cc1. The van der Waals surface area contributed by atoms with Crippen LogP contribution in [0.2, 0.25) is 0 Å². The van der Waals surface area contributed by atoms with Crippen LogP contribution < -0.4 is 0 Å². The fourth-order valence-electron chi connectivity index (χ4n) is 0.946. The Bertz CT molecular complexity index is 205. The van der Waals surface area contributed by atoms with Gasteiger partial charge in [-0.2, -0.15) is 12.6 Å². The summed E-state index contributed by atoms with van der Waals surface area (Å²) in [5, 5.41) is 8.97. The van der Waals surface area contributed by atoms with Crippen molar-refractivity contribution in [3.63, 3.8) is 0 Å². The van der Waals surface area contributed by atoms with Crippen LogP contribution in [0, 0.1) is 0 Å². The number of hydrogen-bond donors (Lipinski definition) is 2. The van der Waals surface area contributed by atoms with Crippen LogP contribution in [0.1, 0.15) is 12.0 Å². The molecule has 0 radical (unpaired) electrons. The van der Waals surface area contributed by atoms with E-state index in [1.807, 2.05) is 12.1 Å². The molecule has 0 spiro atoms. The smallest absolute Gasteiger partial charge is 0.115 e. The average molecular weight is 168 g/mol. The third-order valence-electron chi connectivity index (χ3n) is 1.56. The normalized spacial score (nSPS) is 9.91. The van der Waals surface area contributed by atoms with Gasteiger partial charge in [0, 0.05) is 0 Å². The lowest BCUT2D eigenvalue weighted by Crippen LogP contribution is -1.84. The first-order chi connectivity index (χ1) is 5.33. The van der Waals surface area contributed by atoms with Gasteiger partial charge in [0.25, 0.3) is 0 Å². The largest absolute Gasteiger partial charge is 0.508 e. The fourth-order valence-corrected chi connectivity index (χ4v) is 1.10. The number of phenols is 1. The number of aromatic hydroxyl groups is 1. The van der Waals surface area contributed by atoms with Crippen LogP contribution in [0.5, 0.6) is 5.75 Å². The minimum absolute atomic E-state index is 0.333. The highest BCUT2D eigenvalue weighted by atomic mass is 32.1. The van der Waals surface area contributed by atoms with E-state index in [1.54, 1.807) is 12.1 Å². The first-order valence-corrected chi connectivity index (χ1v) is 4.35. The van der Waals surface area contributed by atoms with Gasteiger partial charge in [-0.05, 0) is 36.3 Å². The zero-order chi connectivity index (χ0) is 8.10. The fraction of sp³-hybridized carbons (Fsp3) is 0.333. The molecule has 2 heteroatoms. The Kier molecular flexibility index (Phi) is 3.30. The van der Waals surface area contributed by atoms with E-state index in [-0.39, 0.29) is 0 Å². The van der Waals surface area contributed by atoms with E-state index in [9.17, 15) is 0 Å². The molecule has 0 aromatic heterocycles. The van der Waals surface area contributed by atoms with E-state index in [0.717, 1.165) is 18.6 Å².